The van der Waals surface area contributed by atoms with Gasteiger partial charge in [-0.3, -0.25) is 0 Å². The quantitative estimate of drug-likeness (QED) is 0.345. The number of aromatic hydroxyl groups is 2. The molecule has 0 saturated heterocycles. The van der Waals surface area contributed by atoms with Crippen LogP contribution < -0.4 is 0 Å². The van der Waals surface area contributed by atoms with Crippen molar-refractivity contribution in [2.75, 3.05) is 0 Å². The summed E-state index contributed by atoms with van der Waals surface area (Å²) in [5, 5.41) is 22.2. The third kappa shape index (κ3) is 6.04. The van der Waals surface area contributed by atoms with Crippen molar-refractivity contribution >= 4 is 11.8 Å². The highest BCUT2D eigenvalue weighted by molar-refractivity contribution is 7.97. The Bertz CT molecular complexity index is 906. The van der Waals surface area contributed by atoms with Gasteiger partial charge < -0.3 is 10.2 Å². The molecule has 0 radical (unpaired) electrons. The van der Waals surface area contributed by atoms with Crippen molar-refractivity contribution in [1.82, 2.24) is 0 Å². The minimum Gasteiger partial charge on any atom is -0.507 e. The molecule has 192 valence electrons. The number of thioether (sulfide) groups is 1. The average Bonchev–Trinajstić information content (AvgIpc) is 3.59. The van der Waals surface area contributed by atoms with Gasteiger partial charge in [-0.2, -0.15) is 11.8 Å². The van der Waals surface area contributed by atoms with Crippen LogP contribution in [0.4, 0.5) is 0 Å². The zero-order valence-electron chi connectivity index (χ0n) is 22.4. The van der Waals surface area contributed by atoms with Crippen LogP contribution in [0.15, 0.2) is 24.3 Å². The molecule has 35 heavy (non-hydrogen) atoms. The Kier molecular flexibility index (Phi) is 9.13. The van der Waals surface area contributed by atoms with E-state index in [-0.39, 0.29) is 0 Å². The summed E-state index contributed by atoms with van der Waals surface area (Å²) in [6, 6.07) is 9.13. The van der Waals surface area contributed by atoms with Crippen LogP contribution in [0.3, 0.4) is 0 Å². The van der Waals surface area contributed by atoms with Gasteiger partial charge in [-0.1, -0.05) is 77.6 Å². The maximum atomic E-state index is 11.1. The van der Waals surface area contributed by atoms with Crippen molar-refractivity contribution in [2.24, 2.45) is 0 Å². The first-order chi connectivity index (χ1) is 16.9. The molecule has 0 spiro atoms. The van der Waals surface area contributed by atoms with Gasteiger partial charge >= 0.3 is 0 Å². The first kappa shape index (κ1) is 26.5. The normalized spacial score (nSPS) is 18.9. The van der Waals surface area contributed by atoms with Crippen molar-refractivity contribution in [2.45, 2.75) is 127 Å². The van der Waals surface area contributed by atoms with Crippen molar-refractivity contribution in [3.8, 4) is 11.5 Å². The average molecular weight is 495 g/mol. The molecule has 2 nitrogen and oxygen atoms in total. The fourth-order valence-corrected chi connectivity index (χ4v) is 7.14. The van der Waals surface area contributed by atoms with Crippen LogP contribution in [0.5, 0.6) is 11.5 Å². The smallest absolute Gasteiger partial charge is 0.122 e. The van der Waals surface area contributed by atoms with Crippen molar-refractivity contribution < 1.29 is 10.2 Å². The predicted molar refractivity (Wildman–Crippen MR) is 151 cm³/mol. The second-order valence-corrected chi connectivity index (χ2v) is 12.3. The highest BCUT2D eigenvalue weighted by atomic mass is 32.2. The molecule has 2 unspecified atom stereocenters. The van der Waals surface area contributed by atoms with Gasteiger partial charge in [0, 0.05) is 11.5 Å². The minimum absolute atomic E-state index is 0.379. The van der Waals surface area contributed by atoms with E-state index in [1.807, 2.05) is 11.8 Å². The van der Waals surface area contributed by atoms with E-state index in [0.29, 0.717) is 35.2 Å². The topological polar surface area (TPSA) is 40.5 Å². The van der Waals surface area contributed by atoms with Crippen LogP contribution in [0, 0.1) is 0 Å². The third-order valence-corrected chi connectivity index (χ3v) is 9.95. The maximum Gasteiger partial charge on any atom is 0.122 e. The van der Waals surface area contributed by atoms with Gasteiger partial charge in [-0.25, -0.2) is 0 Å². The van der Waals surface area contributed by atoms with Crippen LogP contribution in [0.1, 0.15) is 149 Å². The Morgan fingerprint density at radius 3 is 1.40 bits per heavy atom. The predicted octanol–water partition coefficient (Wildman–Crippen LogP) is 9.87. The van der Waals surface area contributed by atoms with Gasteiger partial charge in [-0.15, -0.1) is 0 Å². The molecule has 2 aromatic carbocycles. The zero-order chi connectivity index (χ0) is 24.9. The largest absolute Gasteiger partial charge is 0.507 e. The molecule has 2 N–H and O–H groups in total. The van der Waals surface area contributed by atoms with E-state index >= 15 is 0 Å². The molecule has 0 heterocycles. The Hall–Kier alpha value is -1.61. The number of benzene rings is 2. The molecule has 2 saturated carbocycles. The molecule has 3 heteroatoms. The summed E-state index contributed by atoms with van der Waals surface area (Å²) in [4.78, 5) is 0. The van der Waals surface area contributed by atoms with Crippen LogP contribution in [0.25, 0.3) is 0 Å². The fraction of sp³-hybridized carbons (Fsp3) is 0.625. The maximum absolute atomic E-state index is 11.1. The van der Waals surface area contributed by atoms with E-state index in [1.165, 1.54) is 73.6 Å². The van der Waals surface area contributed by atoms with Crippen LogP contribution in [-0.2, 0) is 11.5 Å². The highest BCUT2D eigenvalue weighted by Gasteiger charge is 2.25. The van der Waals surface area contributed by atoms with E-state index in [9.17, 15) is 10.2 Å². The van der Waals surface area contributed by atoms with Gasteiger partial charge in [0.15, 0.2) is 0 Å². The van der Waals surface area contributed by atoms with Gasteiger partial charge in [0.1, 0.15) is 11.5 Å². The monoisotopic (exact) mass is 494 g/mol. The van der Waals surface area contributed by atoms with E-state index < -0.39 is 0 Å². The summed E-state index contributed by atoms with van der Waals surface area (Å²) in [5.41, 5.74) is 7.37. The van der Waals surface area contributed by atoms with Gasteiger partial charge in [-0.05, 0) is 95.6 Å². The summed E-state index contributed by atoms with van der Waals surface area (Å²) >= 11 is 1.97. The SMILES string of the molecule is CCC(C)c1cc(CSCc2cc(C(C)CC)c(O)c(C3CCCC3)c2)cc(C2CCCC2)c1O. The van der Waals surface area contributed by atoms with Crippen molar-refractivity contribution in [3.63, 3.8) is 0 Å². The summed E-state index contributed by atoms with van der Waals surface area (Å²) in [7, 11) is 0. The van der Waals surface area contributed by atoms with Crippen molar-refractivity contribution in [1.29, 1.82) is 0 Å². The number of hydrogen-bond acceptors (Lipinski definition) is 3. The lowest BCUT2D eigenvalue weighted by Crippen LogP contribution is -2.02. The summed E-state index contributed by atoms with van der Waals surface area (Å²) in [6.07, 6.45) is 12.1. The van der Waals surface area contributed by atoms with E-state index in [1.54, 1.807) is 0 Å². The molecule has 0 amide bonds. The fourth-order valence-electron chi connectivity index (χ4n) is 6.23. The van der Waals surface area contributed by atoms with Crippen LogP contribution in [0.2, 0.25) is 0 Å². The van der Waals surface area contributed by atoms with Gasteiger partial charge in [0.05, 0.1) is 0 Å². The van der Waals surface area contributed by atoms with Gasteiger partial charge in [0.25, 0.3) is 0 Å². The number of phenolic OH excluding ortho intramolecular Hbond substituents is 2. The number of hydrogen-bond donors (Lipinski definition) is 2. The lowest BCUT2D eigenvalue weighted by Gasteiger charge is -2.21. The number of rotatable bonds is 10. The Morgan fingerprint density at radius 1 is 0.686 bits per heavy atom. The van der Waals surface area contributed by atoms with E-state index in [4.69, 9.17) is 0 Å². The Balaban J connectivity index is 1.55. The molecule has 2 aliphatic carbocycles. The first-order valence-corrected chi connectivity index (χ1v) is 15.4. The standard InChI is InChI=1S/C32H46O2S/c1-5-21(3)27-15-23(17-29(31(27)33)25-11-7-8-12-25)19-35-20-24-16-28(22(4)6-2)32(34)30(18-24)26-13-9-10-14-26/h15-18,21-22,25-26,33-34H,5-14,19-20H2,1-4H3. The summed E-state index contributed by atoms with van der Waals surface area (Å²) in [5.74, 6) is 4.85. The van der Waals surface area contributed by atoms with Gasteiger partial charge in [0.2, 0.25) is 0 Å². The number of phenols is 2. The lowest BCUT2D eigenvalue weighted by atomic mass is 9.88. The van der Waals surface area contributed by atoms with E-state index in [2.05, 4.69) is 52.0 Å². The second kappa shape index (κ2) is 12.1. The summed E-state index contributed by atoms with van der Waals surface area (Å²) < 4.78 is 0. The minimum atomic E-state index is 0.379. The Morgan fingerprint density at radius 2 is 1.06 bits per heavy atom. The third-order valence-electron chi connectivity index (χ3n) is 8.87. The second-order valence-electron chi connectivity index (χ2n) is 11.3. The molecule has 2 aliphatic rings. The lowest BCUT2D eigenvalue weighted by molar-refractivity contribution is 0.447. The van der Waals surface area contributed by atoms with Crippen LogP contribution in [-0.4, -0.2) is 10.2 Å². The molecule has 4 rings (SSSR count). The Labute approximate surface area is 217 Å². The molecule has 2 fully saturated rings. The molecule has 2 aromatic rings. The molecule has 0 aromatic heterocycles. The van der Waals surface area contributed by atoms with E-state index in [0.717, 1.165) is 35.5 Å². The molecular weight excluding hydrogens is 448 g/mol. The first-order valence-electron chi connectivity index (χ1n) is 14.2. The molecular formula is C32H46O2S. The van der Waals surface area contributed by atoms with Crippen molar-refractivity contribution in [3.05, 3.63) is 57.6 Å². The zero-order valence-corrected chi connectivity index (χ0v) is 23.2. The molecule has 2 atom stereocenters. The molecule has 0 aliphatic heterocycles. The summed E-state index contributed by atoms with van der Waals surface area (Å²) in [6.45, 7) is 8.90. The molecule has 0 bridgehead atoms. The van der Waals surface area contributed by atoms with Crippen LogP contribution >= 0.6 is 11.8 Å². The highest BCUT2D eigenvalue weighted by Crippen LogP contribution is 2.45.